The second-order valence-corrected chi connectivity index (χ2v) is 14.4. The first-order valence-corrected chi connectivity index (χ1v) is 12.4. The van der Waals surface area contributed by atoms with Gasteiger partial charge in [0.05, 0.1) is 8.07 Å². The molecule has 4 fully saturated rings. The zero-order valence-corrected chi connectivity index (χ0v) is 14.9. The van der Waals surface area contributed by atoms with Gasteiger partial charge >= 0.3 is 0 Å². The van der Waals surface area contributed by atoms with Gasteiger partial charge in [-0.05, 0) is 85.1 Å². The zero-order valence-electron chi connectivity index (χ0n) is 13.9. The molecular formula is C20H32Si. The highest BCUT2D eigenvalue weighted by atomic mass is 28.3. The molecule has 4 bridgehead atoms. The van der Waals surface area contributed by atoms with Gasteiger partial charge in [-0.15, -0.1) is 13.2 Å². The predicted octanol–water partition coefficient (Wildman–Crippen LogP) is 5.90. The molecule has 8 atom stereocenters. The van der Waals surface area contributed by atoms with Crippen LogP contribution in [-0.4, -0.2) is 8.07 Å². The summed E-state index contributed by atoms with van der Waals surface area (Å²) in [7, 11) is -1.13. The lowest BCUT2D eigenvalue weighted by atomic mass is 9.88. The Morgan fingerprint density at radius 1 is 0.762 bits per heavy atom. The summed E-state index contributed by atoms with van der Waals surface area (Å²) in [5.74, 6) is 5.84. The van der Waals surface area contributed by atoms with Crippen LogP contribution in [0.15, 0.2) is 25.3 Å². The van der Waals surface area contributed by atoms with Crippen LogP contribution in [-0.2, 0) is 0 Å². The Balaban J connectivity index is 1.53. The van der Waals surface area contributed by atoms with Crippen molar-refractivity contribution in [3.8, 4) is 0 Å². The Labute approximate surface area is 132 Å². The van der Waals surface area contributed by atoms with Gasteiger partial charge in [-0.25, -0.2) is 0 Å². The maximum absolute atomic E-state index is 4.14. The minimum atomic E-state index is -1.13. The van der Waals surface area contributed by atoms with Gasteiger partial charge in [0.25, 0.3) is 0 Å². The van der Waals surface area contributed by atoms with E-state index in [0.717, 1.165) is 46.6 Å². The van der Waals surface area contributed by atoms with Crippen molar-refractivity contribution in [3.05, 3.63) is 25.3 Å². The summed E-state index contributed by atoms with van der Waals surface area (Å²) in [6.45, 7) is 13.7. The van der Waals surface area contributed by atoms with E-state index >= 15 is 0 Å². The van der Waals surface area contributed by atoms with Crippen LogP contribution in [0.4, 0.5) is 0 Å². The Morgan fingerprint density at radius 2 is 1.52 bits per heavy atom. The highest BCUT2D eigenvalue weighted by molar-refractivity contribution is 6.80. The number of rotatable bonds is 4. The smallest absolute Gasteiger partial charge is 0.0541 e. The summed E-state index contributed by atoms with van der Waals surface area (Å²) >= 11 is 0. The van der Waals surface area contributed by atoms with Crippen molar-refractivity contribution >= 4 is 8.07 Å². The molecule has 0 aromatic rings. The highest BCUT2D eigenvalue weighted by Crippen LogP contribution is 2.65. The second-order valence-electron chi connectivity index (χ2n) is 9.30. The van der Waals surface area contributed by atoms with Crippen molar-refractivity contribution in [2.24, 2.45) is 35.5 Å². The van der Waals surface area contributed by atoms with E-state index in [9.17, 15) is 0 Å². The van der Waals surface area contributed by atoms with Crippen molar-refractivity contribution in [1.29, 1.82) is 0 Å². The molecule has 0 aromatic heterocycles. The summed E-state index contributed by atoms with van der Waals surface area (Å²) in [5.41, 5.74) is 2.22. The third-order valence-corrected chi connectivity index (χ3v) is 13.5. The minimum absolute atomic E-state index is 0.858. The molecule has 8 unspecified atom stereocenters. The zero-order chi connectivity index (χ0) is 14.8. The van der Waals surface area contributed by atoms with Gasteiger partial charge in [-0.1, -0.05) is 25.2 Å². The van der Waals surface area contributed by atoms with E-state index in [1.807, 2.05) is 0 Å². The average Bonchev–Trinajstić information content (AvgIpc) is 3.23. The molecule has 0 radical (unpaired) electrons. The standard InChI is InChI=1S/C20H32Si/c1-5-14-10-17-11-16(14)12-19(17)21(3,4)20-9-13-7-15(6-2)18(20)8-13/h5-6,13-20H,1-2,7-12H2,3-4H3. The highest BCUT2D eigenvalue weighted by Gasteiger charge is 2.57. The molecule has 0 heterocycles. The fourth-order valence-electron chi connectivity index (χ4n) is 7.33. The first kappa shape index (κ1) is 14.3. The van der Waals surface area contributed by atoms with Crippen LogP contribution in [0.5, 0.6) is 0 Å². The number of hydrogen-bond acceptors (Lipinski definition) is 0. The largest absolute Gasteiger partial charge is 0.103 e. The normalized spacial score (nSPS) is 51.5. The fourth-order valence-corrected chi connectivity index (χ4v) is 12.7. The first-order valence-electron chi connectivity index (χ1n) is 9.29. The van der Waals surface area contributed by atoms with E-state index < -0.39 is 8.07 Å². The van der Waals surface area contributed by atoms with Crippen LogP contribution >= 0.6 is 0 Å². The molecule has 0 amide bonds. The Hall–Kier alpha value is -0.303. The van der Waals surface area contributed by atoms with Crippen LogP contribution in [0.3, 0.4) is 0 Å². The van der Waals surface area contributed by atoms with Crippen molar-refractivity contribution in [2.45, 2.75) is 62.7 Å². The molecule has 0 nitrogen and oxygen atoms in total. The molecule has 0 aromatic carbocycles. The maximum Gasteiger partial charge on any atom is 0.0541 e. The molecule has 0 N–H and O–H groups in total. The lowest BCUT2D eigenvalue weighted by molar-refractivity contribution is 0.359. The molecule has 0 spiro atoms. The molecule has 0 aliphatic heterocycles. The van der Waals surface area contributed by atoms with E-state index in [4.69, 9.17) is 0 Å². The van der Waals surface area contributed by atoms with Gasteiger partial charge in [-0.3, -0.25) is 0 Å². The molecule has 1 heteroatoms. The van der Waals surface area contributed by atoms with E-state index in [2.05, 4.69) is 38.4 Å². The van der Waals surface area contributed by atoms with Gasteiger partial charge in [-0.2, -0.15) is 0 Å². The summed E-state index contributed by atoms with van der Waals surface area (Å²) in [6, 6.07) is 0. The Kier molecular flexibility index (Phi) is 3.30. The second kappa shape index (κ2) is 4.85. The first-order chi connectivity index (χ1) is 10.0. The van der Waals surface area contributed by atoms with Crippen LogP contribution in [0.1, 0.15) is 38.5 Å². The number of fused-ring (bicyclic) bond motifs is 4. The quantitative estimate of drug-likeness (QED) is 0.448. The Bertz CT molecular complexity index is 451. The predicted molar refractivity (Wildman–Crippen MR) is 94.0 cm³/mol. The van der Waals surface area contributed by atoms with Crippen molar-refractivity contribution in [3.63, 3.8) is 0 Å². The van der Waals surface area contributed by atoms with Crippen molar-refractivity contribution in [1.82, 2.24) is 0 Å². The lowest BCUT2D eigenvalue weighted by Gasteiger charge is -2.45. The molecule has 4 saturated carbocycles. The topological polar surface area (TPSA) is 0 Å². The van der Waals surface area contributed by atoms with Gasteiger partial charge in [0, 0.05) is 0 Å². The van der Waals surface area contributed by atoms with Crippen molar-refractivity contribution in [2.75, 3.05) is 0 Å². The molecule has 116 valence electrons. The maximum atomic E-state index is 4.14. The molecule has 4 aliphatic carbocycles. The molecule has 21 heavy (non-hydrogen) atoms. The third kappa shape index (κ3) is 1.99. The SMILES string of the molecule is C=CC1CC2CC1CC2[Si](C)(C)C1CC2CC(C=C)C1C2. The van der Waals surface area contributed by atoms with E-state index in [0.29, 0.717) is 0 Å². The van der Waals surface area contributed by atoms with E-state index in [1.165, 1.54) is 25.7 Å². The number of hydrogen-bond donors (Lipinski definition) is 0. The minimum Gasteiger partial charge on any atom is -0.103 e. The van der Waals surface area contributed by atoms with Gasteiger partial charge in [0.2, 0.25) is 0 Å². The molecule has 4 rings (SSSR count). The number of allylic oxidation sites excluding steroid dienone is 2. The van der Waals surface area contributed by atoms with Gasteiger partial charge < -0.3 is 0 Å². The summed E-state index contributed by atoms with van der Waals surface area (Å²) < 4.78 is 0. The van der Waals surface area contributed by atoms with Gasteiger partial charge in [0.1, 0.15) is 0 Å². The van der Waals surface area contributed by atoms with Gasteiger partial charge in [0.15, 0.2) is 0 Å². The van der Waals surface area contributed by atoms with E-state index in [1.54, 1.807) is 12.8 Å². The Morgan fingerprint density at radius 3 is 2.10 bits per heavy atom. The van der Waals surface area contributed by atoms with Crippen LogP contribution in [0, 0.1) is 35.5 Å². The monoisotopic (exact) mass is 300 g/mol. The summed E-state index contributed by atoms with van der Waals surface area (Å²) in [5, 5.41) is 0. The molecule has 0 saturated heterocycles. The van der Waals surface area contributed by atoms with Crippen LogP contribution < -0.4 is 0 Å². The fraction of sp³-hybridized carbons (Fsp3) is 0.800. The van der Waals surface area contributed by atoms with Crippen LogP contribution in [0.25, 0.3) is 0 Å². The van der Waals surface area contributed by atoms with Crippen LogP contribution in [0.2, 0.25) is 24.2 Å². The lowest BCUT2D eigenvalue weighted by Crippen LogP contribution is -2.44. The van der Waals surface area contributed by atoms with E-state index in [-0.39, 0.29) is 0 Å². The summed E-state index contributed by atoms with van der Waals surface area (Å²) in [4.78, 5) is 0. The average molecular weight is 301 g/mol. The molecular weight excluding hydrogens is 268 g/mol. The molecule has 4 aliphatic rings. The van der Waals surface area contributed by atoms with Crippen molar-refractivity contribution < 1.29 is 0 Å². The summed E-state index contributed by atoms with van der Waals surface area (Å²) in [6.07, 6.45) is 13.7. The third-order valence-electron chi connectivity index (χ3n) is 8.29.